The molecule has 0 saturated heterocycles. The molecule has 39 heavy (non-hydrogen) atoms. The number of para-hydroxylation sites is 1. The number of hydrogen-bond donors (Lipinski definition) is 1. The lowest BCUT2D eigenvalue weighted by Crippen LogP contribution is -2.55. The van der Waals surface area contributed by atoms with Gasteiger partial charge in [0, 0.05) is 27.7 Å². The van der Waals surface area contributed by atoms with E-state index in [9.17, 15) is 18.0 Å². The van der Waals surface area contributed by atoms with Gasteiger partial charge < -0.3 is 10.2 Å². The highest BCUT2D eigenvalue weighted by Gasteiger charge is 2.35. The Balaban J connectivity index is 2.08. The molecule has 2 amide bonds. The van der Waals surface area contributed by atoms with Gasteiger partial charge in [0.2, 0.25) is 11.8 Å². The topological polar surface area (TPSA) is 86.8 Å². The van der Waals surface area contributed by atoms with Gasteiger partial charge in [-0.05, 0) is 63.6 Å². The minimum atomic E-state index is -4.12. The fourth-order valence-electron chi connectivity index (χ4n) is 4.07. The first-order chi connectivity index (χ1) is 18.3. The molecule has 1 atom stereocenters. The number of amides is 2. The Bertz CT molecular complexity index is 1370. The maximum atomic E-state index is 14.1. The molecule has 208 valence electrons. The molecule has 0 heterocycles. The van der Waals surface area contributed by atoms with E-state index in [-0.39, 0.29) is 23.8 Å². The molecular formula is C29H33Cl2N3O4S. The van der Waals surface area contributed by atoms with Gasteiger partial charge in [-0.3, -0.25) is 13.9 Å². The Morgan fingerprint density at radius 2 is 1.41 bits per heavy atom. The summed E-state index contributed by atoms with van der Waals surface area (Å²) < 4.78 is 28.6. The third kappa shape index (κ3) is 7.75. The molecule has 3 rings (SSSR count). The van der Waals surface area contributed by atoms with E-state index in [0.717, 1.165) is 4.31 Å². The minimum Gasteiger partial charge on any atom is -0.350 e. The number of rotatable bonds is 10. The van der Waals surface area contributed by atoms with E-state index < -0.39 is 34.1 Å². The molecule has 0 radical (unpaired) electrons. The summed E-state index contributed by atoms with van der Waals surface area (Å²) in [4.78, 5) is 28.8. The molecule has 1 N–H and O–H groups in total. The summed E-state index contributed by atoms with van der Waals surface area (Å²) in [6, 6.07) is 20.4. The summed E-state index contributed by atoms with van der Waals surface area (Å²) >= 11 is 12.9. The molecule has 1 unspecified atom stereocenters. The quantitative estimate of drug-likeness (QED) is 0.318. The highest BCUT2D eigenvalue weighted by Crippen LogP contribution is 2.28. The molecule has 0 bridgehead atoms. The largest absolute Gasteiger partial charge is 0.350 e. The van der Waals surface area contributed by atoms with Gasteiger partial charge in [-0.25, -0.2) is 8.42 Å². The van der Waals surface area contributed by atoms with Crippen LogP contribution in [0.3, 0.4) is 0 Å². The molecular weight excluding hydrogens is 557 g/mol. The van der Waals surface area contributed by atoms with E-state index in [1.54, 1.807) is 73.7 Å². The van der Waals surface area contributed by atoms with E-state index in [0.29, 0.717) is 21.3 Å². The molecule has 10 heteroatoms. The SMILES string of the molecule is CCC(C(=O)NC(C)(C)C)N(Cc1c(Cl)cccc1Cl)C(=O)CN(c1ccccc1)S(=O)(=O)c1ccccc1. The first-order valence-corrected chi connectivity index (χ1v) is 14.7. The van der Waals surface area contributed by atoms with Gasteiger partial charge in [0.05, 0.1) is 10.6 Å². The zero-order chi connectivity index (χ0) is 28.8. The number of halogens is 2. The maximum absolute atomic E-state index is 14.1. The van der Waals surface area contributed by atoms with Gasteiger partial charge in [0.25, 0.3) is 10.0 Å². The normalized spacial score (nSPS) is 12.5. The summed E-state index contributed by atoms with van der Waals surface area (Å²) in [6.45, 7) is 6.70. The van der Waals surface area contributed by atoms with Crippen molar-refractivity contribution in [2.24, 2.45) is 0 Å². The van der Waals surface area contributed by atoms with Gasteiger partial charge in [-0.2, -0.15) is 0 Å². The standard InChI is InChI=1S/C29H33Cl2N3O4S/c1-5-26(28(36)32-29(2,3)4)33(19-23-24(30)17-12-18-25(23)31)27(35)20-34(21-13-8-6-9-14-21)39(37,38)22-15-10-7-11-16-22/h6-18,26H,5,19-20H2,1-4H3,(H,32,36). The molecule has 3 aromatic carbocycles. The van der Waals surface area contributed by atoms with Crippen LogP contribution in [-0.4, -0.2) is 43.3 Å². The molecule has 0 aliphatic rings. The van der Waals surface area contributed by atoms with Crippen molar-refractivity contribution >= 4 is 50.7 Å². The molecule has 7 nitrogen and oxygen atoms in total. The Morgan fingerprint density at radius 3 is 1.92 bits per heavy atom. The van der Waals surface area contributed by atoms with Crippen LogP contribution in [0.15, 0.2) is 83.8 Å². The second-order valence-corrected chi connectivity index (χ2v) is 12.7. The Morgan fingerprint density at radius 1 is 0.872 bits per heavy atom. The fourth-order valence-corrected chi connectivity index (χ4v) is 6.02. The summed E-state index contributed by atoms with van der Waals surface area (Å²) in [5.41, 5.74) is 0.236. The van der Waals surface area contributed by atoms with Crippen LogP contribution in [-0.2, 0) is 26.2 Å². The van der Waals surface area contributed by atoms with Gasteiger partial charge in [-0.1, -0.05) is 72.6 Å². The summed E-state index contributed by atoms with van der Waals surface area (Å²) in [5, 5.41) is 3.60. The molecule has 3 aromatic rings. The summed E-state index contributed by atoms with van der Waals surface area (Å²) in [6.07, 6.45) is 0.284. The number of benzene rings is 3. The second-order valence-electron chi connectivity index (χ2n) is 10.0. The molecule has 0 spiro atoms. The van der Waals surface area contributed by atoms with Crippen LogP contribution >= 0.6 is 23.2 Å². The minimum absolute atomic E-state index is 0.0415. The number of sulfonamides is 1. The van der Waals surface area contributed by atoms with Crippen LogP contribution in [0, 0.1) is 0 Å². The molecule has 0 fully saturated rings. The Hall–Kier alpha value is -3.07. The number of carbonyl (C=O) groups excluding carboxylic acids is 2. The van der Waals surface area contributed by atoms with E-state index in [4.69, 9.17) is 23.2 Å². The van der Waals surface area contributed by atoms with Gasteiger partial charge >= 0.3 is 0 Å². The van der Waals surface area contributed by atoms with Crippen molar-refractivity contribution in [3.8, 4) is 0 Å². The van der Waals surface area contributed by atoms with Crippen molar-refractivity contribution in [3.05, 3.63) is 94.5 Å². The number of hydrogen-bond acceptors (Lipinski definition) is 4. The average Bonchev–Trinajstić information content (AvgIpc) is 2.88. The van der Waals surface area contributed by atoms with Crippen LogP contribution < -0.4 is 9.62 Å². The Labute approximate surface area is 240 Å². The third-order valence-corrected chi connectivity index (χ3v) is 8.42. The lowest BCUT2D eigenvalue weighted by atomic mass is 10.1. The lowest BCUT2D eigenvalue weighted by molar-refractivity contribution is -0.141. The molecule has 0 aliphatic heterocycles. The van der Waals surface area contributed by atoms with Crippen LogP contribution in [0.5, 0.6) is 0 Å². The first-order valence-electron chi connectivity index (χ1n) is 12.5. The fraction of sp³-hybridized carbons (Fsp3) is 0.310. The number of nitrogens with one attached hydrogen (secondary N) is 1. The van der Waals surface area contributed by atoms with Crippen molar-refractivity contribution in [2.75, 3.05) is 10.8 Å². The zero-order valence-electron chi connectivity index (χ0n) is 22.4. The number of carbonyl (C=O) groups is 2. The van der Waals surface area contributed by atoms with Crippen LogP contribution in [0.25, 0.3) is 0 Å². The van der Waals surface area contributed by atoms with Crippen molar-refractivity contribution < 1.29 is 18.0 Å². The third-order valence-electron chi connectivity index (χ3n) is 5.93. The zero-order valence-corrected chi connectivity index (χ0v) is 24.7. The highest BCUT2D eigenvalue weighted by atomic mass is 35.5. The predicted molar refractivity (Wildman–Crippen MR) is 156 cm³/mol. The van der Waals surface area contributed by atoms with E-state index in [1.807, 2.05) is 20.8 Å². The van der Waals surface area contributed by atoms with Gasteiger partial charge in [0.1, 0.15) is 12.6 Å². The molecule has 0 aliphatic carbocycles. The van der Waals surface area contributed by atoms with Crippen LogP contribution in [0.4, 0.5) is 5.69 Å². The van der Waals surface area contributed by atoms with Crippen molar-refractivity contribution in [1.29, 1.82) is 0 Å². The van der Waals surface area contributed by atoms with Gasteiger partial charge in [0.15, 0.2) is 0 Å². The van der Waals surface area contributed by atoms with Gasteiger partial charge in [-0.15, -0.1) is 0 Å². The monoisotopic (exact) mass is 589 g/mol. The molecule has 0 saturated carbocycles. The smallest absolute Gasteiger partial charge is 0.264 e. The van der Waals surface area contributed by atoms with Crippen molar-refractivity contribution in [2.45, 2.75) is 57.1 Å². The van der Waals surface area contributed by atoms with E-state index >= 15 is 0 Å². The van der Waals surface area contributed by atoms with E-state index in [2.05, 4.69) is 5.32 Å². The summed E-state index contributed by atoms with van der Waals surface area (Å²) in [5.74, 6) is -0.941. The van der Waals surface area contributed by atoms with Crippen molar-refractivity contribution in [3.63, 3.8) is 0 Å². The molecule has 0 aromatic heterocycles. The van der Waals surface area contributed by atoms with Crippen LogP contribution in [0.2, 0.25) is 10.0 Å². The number of anilines is 1. The Kier molecular flexibility index (Phi) is 10.0. The van der Waals surface area contributed by atoms with Crippen LogP contribution in [0.1, 0.15) is 39.7 Å². The first kappa shape index (κ1) is 30.5. The average molecular weight is 591 g/mol. The second kappa shape index (κ2) is 12.9. The lowest BCUT2D eigenvalue weighted by Gasteiger charge is -2.35. The summed E-state index contributed by atoms with van der Waals surface area (Å²) in [7, 11) is -4.12. The number of nitrogens with zero attached hydrogens (tertiary/aromatic N) is 2. The van der Waals surface area contributed by atoms with Crippen molar-refractivity contribution in [1.82, 2.24) is 10.2 Å². The van der Waals surface area contributed by atoms with E-state index in [1.165, 1.54) is 17.0 Å². The maximum Gasteiger partial charge on any atom is 0.264 e. The highest BCUT2D eigenvalue weighted by molar-refractivity contribution is 7.92. The predicted octanol–water partition coefficient (Wildman–Crippen LogP) is 5.91.